The molecule has 2 rings (SSSR count). The maximum atomic E-state index is 12.6. The standard InChI is InChI=1S/C28H46O10/c1-7-20-13-16(2)21(30)12-10-8-9-11-17(3)36-23(32)14-22(31)25(35-6)24(20)38-27-26(33)28(34,19(5)29)15-18(4)37-27/h8-10,12,16-18,20-22,24-27,30-31,33-34H,7,11,13-15H2,1-6H3/b9-8+,12-10+/t16?,17?,18-,20?,21?,22?,24?,25?,26+,27+,28-/m1/s1. The van der Waals surface area contributed by atoms with Crippen molar-refractivity contribution in [3.8, 4) is 0 Å². The van der Waals surface area contributed by atoms with E-state index in [0.29, 0.717) is 19.3 Å². The molecule has 10 nitrogen and oxygen atoms in total. The Kier molecular flexibility index (Phi) is 12.5. The molecule has 2 aliphatic rings. The van der Waals surface area contributed by atoms with Gasteiger partial charge in [-0.15, -0.1) is 0 Å². The number of hydrogen-bond donors (Lipinski definition) is 4. The van der Waals surface area contributed by atoms with Crippen LogP contribution in [0.5, 0.6) is 0 Å². The largest absolute Gasteiger partial charge is 0.462 e. The lowest BCUT2D eigenvalue weighted by molar-refractivity contribution is -0.312. The first-order valence-electron chi connectivity index (χ1n) is 13.5. The Morgan fingerprint density at radius 3 is 2.42 bits per heavy atom. The molecule has 4 N–H and O–H groups in total. The lowest BCUT2D eigenvalue weighted by atomic mass is 9.82. The maximum Gasteiger partial charge on any atom is 0.308 e. The van der Waals surface area contributed by atoms with Crippen LogP contribution in [0.4, 0.5) is 0 Å². The lowest BCUT2D eigenvalue weighted by Crippen LogP contribution is -2.62. The summed E-state index contributed by atoms with van der Waals surface area (Å²) in [5.41, 5.74) is -2.06. The topological polar surface area (TPSA) is 152 Å². The van der Waals surface area contributed by atoms with E-state index < -0.39 is 66.4 Å². The quantitative estimate of drug-likeness (QED) is 0.379. The number of allylic oxidation sites excluding steroid dienone is 2. The minimum atomic E-state index is -2.06. The van der Waals surface area contributed by atoms with Crippen molar-refractivity contribution in [1.29, 1.82) is 0 Å². The molecule has 0 aromatic heterocycles. The number of esters is 1. The average molecular weight is 543 g/mol. The monoisotopic (exact) mass is 542 g/mol. The fourth-order valence-corrected chi connectivity index (χ4v) is 5.19. The summed E-state index contributed by atoms with van der Waals surface area (Å²) in [7, 11) is 1.38. The van der Waals surface area contributed by atoms with Crippen LogP contribution in [-0.4, -0.2) is 93.9 Å². The number of rotatable bonds is 5. The molecule has 0 saturated carbocycles. The molecular weight excluding hydrogens is 496 g/mol. The molecule has 0 radical (unpaired) electrons. The average Bonchev–Trinajstić information content (AvgIpc) is 2.83. The van der Waals surface area contributed by atoms with Crippen molar-refractivity contribution in [2.75, 3.05) is 7.11 Å². The smallest absolute Gasteiger partial charge is 0.308 e. The fourth-order valence-electron chi connectivity index (χ4n) is 5.19. The Balaban J connectivity index is 2.46. The van der Waals surface area contributed by atoms with Crippen LogP contribution in [0.3, 0.4) is 0 Å². The first-order valence-corrected chi connectivity index (χ1v) is 13.5. The highest BCUT2D eigenvalue weighted by atomic mass is 16.7. The van der Waals surface area contributed by atoms with Gasteiger partial charge in [-0.2, -0.15) is 0 Å². The Morgan fingerprint density at radius 1 is 1.13 bits per heavy atom. The SMILES string of the molecule is CCC1CC(C)C(O)/C=C/C=C/CC(C)OC(=O)CC(O)C(OC)C1O[C@@H]1O[C@H](C)C[C@@](O)(C(C)=O)[C@H]1O. The van der Waals surface area contributed by atoms with Gasteiger partial charge < -0.3 is 39.4 Å². The molecule has 1 fully saturated rings. The first-order chi connectivity index (χ1) is 17.8. The summed E-state index contributed by atoms with van der Waals surface area (Å²) in [5.74, 6) is -1.76. The number of Topliss-reactive ketones (excluding diaryl/α,β-unsaturated/α-hetero) is 1. The molecule has 7 unspecified atom stereocenters. The van der Waals surface area contributed by atoms with Crippen LogP contribution in [-0.2, 0) is 28.5 Å². The Hall–Kier alpha value is -1.66. The Morgan fingerprint density at radius 2 is 1.82 bits per heavy atom. The number of carbonyl (C=O) groups is 2. The van der Waals surface area contributed by atoms with Crippen LogP contribution in [0.15, 0.2) is 24.3 Å². The second-order valence-corrected chi connectivity index (χ2v) is 10.7. The van der Waals surface area contributed by atoms with Crippen molar-refractivity contribution in [1.82, 2.24) is 0 Å². The molecule has 0 aromatic rings. The predicted molar refractivity (Wildman–Crippen MR) is 139 cm³/mol. The molecule has 10 heteroatoms. The van der Waals surface area contributed by atoms with E-state index in [2.05, 4.69) is 0 Å². The summed E-state index contributed by atoms with van der Waals surface area (Å²) in [4.78, 5) is 24.8. The molecule has 0 aliphatic carbocycles. The third kappa shape index (κ3) is 8.42. The summed E-state index contributed by atoms with van der Waals surface area (Å²) in [6, 6.07) is 0. The van der Waals surface area contributed by atoms with Gasteiger partial charge in [-0.05, 0) is 39.0 Å². The van der Waals surface area contributed by atoms with Crippen molar-refractivity contribution >= 4 is 11.8 Å². The number of ether oxygens (including phenoxy) is 4. The van der Waals surface area contributed by atoms with Crippen LogP contribution in [0.1, 0.15) is 66.7 Å². The Bertz CT molecular complexity index is 828. The third-order valence-corrected chi connectivity index (χ3v) is 7.57. The Labute approximate surface area is 225 Å². The van der Waals surface area contributed by atoms with E-state index in [4.69, 9.17) is 18.9 Å². The molecule has 0 bridgehead atoms. The van der Waals surface area contributed by atoms with Gasteiger partial charge in [0.2, 0.25) is 0 Å². The minimum absolute atomic E-state index is 0.102. The molecule has 0 spiro atoms. The van der Waals surface area contributed by atoms with Crippen LogP contribution in [0, 0.1) is 11.8 Å². The highest BCUT2D eigenvalue weighted by Gasteiger charge is 2.52. The van der Waals surface area contributed by atoms with Gasteiger partial charge in [-0.3, -0.25) is 9.59 Å². The van der Waals surface area contributed by atoms with E-state index in [1.165, 1.54) is 14.0 Å². The molecule has 38 heavy (non-hydrogen) atoms. The number of methoxy groups -OCH3 is 1. The van der Waals surface area contributed by atoms with Gasteiger partial charge in [0.1, 0.15) is 18.3 Å². The van der Waals surface area contributed by atoms with E-state index in [9.17, 15) is 30.0 Å². The molecule has 1 saturated heterocycles. The summed E-state index contributed by atoms with van der Waals surface area (Å²) < 4.78 is 23.1. The molecule has 0 aromatic carbocycles. The van der Waals surface area contributed by atoms with Gasteiger partial charge in [0.05, 0.1) is 30.8 Å². The van der Waals surface area contributed by atoms with E-state index in [1.807, 2.05) is 19.9 Å². The van der Waals surface area contributed by atoms with Crippen molar-refractivity contribution < 1.29 is 49.0 Å². The number of hydrogen-bond acceptors (Lipinski definition) is 10. The van der Waals surface area contributed by atoms with E-state index in [-0.39, 0.29) is 24.7 Å². The van der Waals surface area contributed by atoms with E-state index >= 15 is 0 Å². The van der Waals surface area contributed by atoms with Gasteiger partial charge in [0.25, 0.3) is 0 Å². The zero-order chi connectivity index (χ0) is 28.6. The van der Waals surface area contributed by atoms with Crippen LogP contribution in [0.2, 0.25) is 0 Å². The number of carbonyl (C=O) groups excluding carboxylic acids is 2. The predicted octanol–water partition coefficient (Wildman–Crippen LogP) is 1.81. The van der Waals surface area contributed by atoms with Gasteiger partial charge in [-0.1, -0.05) is 44.6 Å². The minimum Gasteiger partial charge on any atom is -0.462 e. The first kappa shape index (κ1) is 32.6. The lowest BCUT2D eigenvalue weighted by Gasteiger charge is -2.45. The molecule has 218 valence electrons. The molecule has 2 aliphatic heterocycles. The van der Waals surface area contributed by atoms with E-state index in [1.54, 1.807) is 32.1 Å². The second kappa shape index (κ2) is 14.6. The number of cyclic esters (lactones) is 1. The zero-order valence-electron chi connectivity index (χ0n) is 23.4. The molecule has 2 heterocycles. The van der Waals surface area contributed by atoms with Crippen LogP contribution >= 0.6 is 0 Å². The summed E-state index contributed by atoms with van der Waals surface area (Å²) in [6.07, 6.45) is -0.168. The highest BCUT2D eigenvalue weighted by molar-refractivity contribution is 5.85. The van der Waals surface area contributed by atoms with Gasteiger partial charge in [0, 0.05) is 20.0 Å². The van der Waals surface area contributed by atoms with Crippen molar-refractivity contribution in [3.05, 3.63) is 24.3 Å². The molecule has 11 atom stereocenters. The highest BCUT2D eigenvalue weighted by Crippen LogP contribution is 2.35. The normalized spacial score (nSPS) is 43.7. The maximum absolute atomic E-state index is 12.6. The third-order valence-electron chi connectivity index (χ3n) is 7.57. The number of aliphatic hydroxyl groups excluding tert-OH is 3. The van der Waals surface area contributed by atoms with Crippen molar-refractivity contribution in [3.63, 3.8) is 0 Å². The second-order valence-electron chi connectivity index (χ2n) is 10.7. The summed E-state index contributed by atoms with van der Waals surface area (Å²) >= 11 is 0. The van der Waals surface area contributed by atoms with Gasteiger partial charge >= 0.3 is 5.97 Å². The number of aliphatic hydroxyl groups is 4. The van der Waals surface area contributed by atoms with Crippen LogP contribution in [0.25, 0.3) is 0 Å². The van der Waals surface area contributed by atoms with E-state index in [0.717, 1.165) is 0 Å². The number of ketones is 1. The molecular formula is C28H46O10. The zero-order valence-corrected chi connectivity index (χ0v) is 23.4. The van der Waals surface area contributed by atoms with Gasteiger partial charge in [0.15, 0.2) is 17.7 Å². The van der Waals surface area contributed by atoms with Crippen LogP contribution < -0.4 is 0 Å². The summed E-state index contributed by atoms with van der Waals surface area (Å²) in [5, 5.41) is 43.7. The van der Waals surface area contributed by atoms with Crippen molar-refractivity contribution in [2.24, 2.45) is 11.8 Å². The van der Waals surface area contributed by atoms with Gasteiger partial charge in [-0.25, -0.2) is 0 Å². The van der Waals surface area contributed by atoms with Crippen molar-refractivity contribution in [2.45, 2.75) is 121 Å². The summed E-state index contributed by atoms with van der Waals surface area (Å²) in [6.45, 7) is 8.40. The fraction of sp³-hybridized carbons (Fsp3) is 0.786. The molecule has 0 amide bonds.